The van der Waals surface area contributed by atoms with E-state index >= 15 is 0 Å². The summed E-state index contributed by atoms with van der Waals surface area (Å²) in [6, 6.07) is 4.14. The van der Waals surface area contributed by atoms with Crippen LogP contribution in [0.25, 0.3) is 0 Å². The minimum Gasteiger partial charge on any atom is -0.497 e. The van der Waals surface area contributed by atoms with Crippen LogP contribution in [0.3, 0.4) is 0 Å². The second-order valence-corrected chi connectivity index (χ2v) is 8.43. The molecule has 0 aromatic heterocycles. The molecular weight excluding hydrogens is 454 g/mol. The number of methoxy groups -OCH3 is 2. The highest BCUT2D eigenvalue weighted by Crippen LogP contribution is 2.38. The molecule has 2 aliphatic rings. The highest BCUT2D eigenvalue weighted by molar-refractivity contribution is 5.95. The number of likely N-dealkylation sites (N-methyl/N-ethyl adjacent to an activating group) is 1. The monoisotopic (exact) mass is 489 g/mol. The van der Waals surface area contributed by atoms with Gasteiger partial charge in [0.05, 0.1) is 45.0 Å². The van der Waals surface area contributed by atoms with E-state index in [1.807, 2.05) is 0 Å². The lowest BCUT2D eigenvalue weighted by Crippen LogP contribution is -2.50. The molecular formula is C25H35N3O7. The third kappa shape index (κ3) is 5.87. The average molecular weight is 490 g/mol. The second-order valence-electron chi connectivity index (χ2n) is 8.43. The van der Waals surface area contributed by atoms with Crippen LogP contribution in [0.15, 0.2) is 29.5 Å². The molecule has 2 aliphatic heterocycles. The molecule has 192 valence electrons. The molecule has 0 radical (unpaired) electrons. The Balaban J connectivity index is 1.96. The molecule has 2 heterocycles. The molecule has 1 fully saturated rings. The molecule has 0 bridgehead atoms. The molecule has 1 aromatic carbocycles. The van der Waals surface area contributed by atoms with Gasteiger partial charge in [0.1, 0.15) is 11.5 Å². The number of carbonyl (C=O) groups is 3. The maximum Gasteiger partial charge on any atom is 0.338 e. The van der Waals surface area contributed by atoms with Crippen molar-refractivity contribution in [3.05, 3.63) is 35.0 Å². The van der Waals surface area contributed by atoms with Gasteiger partial charge in [-0.1, -0.05) is 0 Å². The number of urea groups is 1. The van der Waals surface area contributed by atoms with Gasteiger partial charge >= 0.3 is 18.0 Å². The van der Waals surface area contributed by atoms with E-state index < -0.39 is 12.0 Å². The van der Waals surface area contributed by atoms with Crippen molar-refractivity contribution in [2.24, 2.45) is 5.92 Å². The molecule has 2 amide bonds. The summed E-state index contributed by atoms with van der Waals surface area (Å²) in [6.07, 6.45) is 1.32. The van der Waals surface area contributed by atoms with Crippen molar-refractivity contribution in [3.8, 4) is 11.5 Å². The first kappa shape index (κ1) is 26.3. The van der Waals surface area contributed by atoms with Gasteiger partial charge in [-0.15, -0.1) is 0 Å². The number of benzene rings is 1. The Labute approximate surface area is 206 Å². The summed E-state index contributed by atoms with van der Waals surface area (Å²) < 4.78 is 21.4. The third-order valence-corrected chi connectivity index (χ3v) is 6.40. The lowest BCUT2D eigenvalue weighted by Gasteiger charge is -2.38. The zero-order valence-corrected chi connectivity index (χ0v) is 21.1. The van der Waals surface area contributed by atoms with Crippen molar-refractivity contribution in [2.75, 3.05) is 54.1 Å². The molecule has 1 atom stereocenters. The summed E-state index contributed by atoms with van der Waals surface area (Å²) in [4.78, 5) is 41.9. The maximum atomic E-state index is 13.2. The number of rotatable bonds is 9. The van der Waals surface area contributed by atoms with Crippen molar-refractivity contribution < 1.29 is 33.3 Å². The van der Waals surface area contributed by atoms with Gasteiger partial charge in [-0.25, -0.2) is 9.59 Å². The Morgan fingerprint density at radius 1 is 1.06 bits per heavy atom. The van der Waals surface area contributed by atoms with Crippen LogP contribution in [0.1, 0.15) is 38.3 Å². The Kier molecular flexibility index (Phi) is 8.97. The minimum absolute atomic E-state index is 0.131. The first-order valence-corrected chi connectivity index (χ1v) is 11.9. The molecule has 3 rings (SSSR count). The van der Waals surface area contributed by atoms with Crippen molar-refractivity contribution in [1.82, 2.24) is 15.1 Å². The average Bonchev–Trinajstić information content (AvgIpc) is 2.86. The standard InChI is InChI=1S/C25H35N3O7/c1-6-34-23(29)16-10-12-28(13-11-16)15-19-21(24(30)35-7-2)22(26-25(31)27(19)3)18-9-8-17(32-4)14-20(18)33-5/h8-9,14,16,22H,6-7,10-13,15H2,1-5H3,(H,26,31)/t22-/m0/s1. The van der Waals surface area contributed by atoms with Gasteiger partial charge in [0.25, 0.3) is 0 Å². The number of hydrogen-bond acceptors (Lipinski definition) is 8. The topological polar surface area (TPSA) is 107 Å². The van der Waals surface area contributed by atoms with E-state index in [4.69, 9.17) is 18.9 Å². The quantitative estimate of drug-likeness (QED) is 0.528. The van der Waals surface area contributed by atoms with Crippen molar-refractivity contribution in [3.63, 3.8) is 0 Å². The number of hydrogen-bond donors (Lipinski definition) is 1. The third-order valence-electron chi connectivity index (χ3n) is 6.40. The van der Waals surface area contributed by atoms with Crippen molar-refractivity contribution >= 4 is 18.0 Å². The van der Waals surface area contributed by atoms with Crippen molar-refractivity contribution in [1.29, 1.82) is 0 Å². The van der Waals surface area contributed by atoms with E-state index in [-0.39, 0.29) is 24.5 Å². The first-order chi connectivity index (χ1) is 16.8. The number of piperidine rings is 1. The first-order valence-electron chi connectivity index (χ1n) is 11.9. The minimum atomic E-state index is -0.759. The Hall–Kier alpha value is -3.27. The number of nitrogens with one attached hydrogen (secondary N) is 1. The van der Waals surface area contributed by atoms with E-state index in [2.05, 4.69) is 10.2 Å². The maximum absolute atomic E-state index is 13.2. The summed E-state index contributed by atoms with van der Waals surface area (Å²) in [5.74, 6) is 0.276. The van der Waals surface area contributed by atoms with E-state index in [9.17, 15) is 14.4 Å². The van der Waals surface area contributed by atoms with E-state index in [1.165, 1.54) is 12.0 Å². The normalized spacial score (nSPS) is 19.3. The molecule has 10 heteroatoms. The Morgan fingerprint density at radius 3 is 2.34 bits per heavy atom. The zero-order valence-electron chi connectivity index (χ0n) is 21.1. The largest absolute Gasteiger partial charge is 0.497 e. The van der Waals surface area contributed by atoms with Gasteiger partial charge in [-0.05, 0) is 51.9 Å². The van der Waals surface area contributed by atoms with Crippen LogP contribution in [0.2, 0.25) is 0 Å². The zero-order chi connectivity index (χ0) is 25.5. The molecule has 35 heavy (non-hydrogen) atoms. The summed E-state index contributed by atoms with van der Waals surface area (Å²) >= 11 is 0. The lowest BCUT2D eigenvalue weighted by atomic mass is 9.92. The smallest absolute Gasteiger partial charge is 0.338 e. The van der Waals surface area contributed by atoms with Gasteiger partial charge in [-0.3, -0.25) is 14.6 Å². The molecule has 0 unspecified atom stereocenters. The summed E-state index contributed by atoms with van der Waals surface area (Å²) in [6.45, 7) is 5.77. The van der Waals surface area contributed by atoms with Crippen LogP contribution in [-0.4, -0.2) is 81.9 Å². The number of ether oxygens (including phenoxy) is 4. The summed E-state index contributed by atoms with van der Waals surface area (Å²) in [5.41, 5.74) is 1.53. The fraction of sp³-hybridized carbons (Fsp3) is 0.560. The van der Waals surface area contributed by atoms with Gasteiger partial charge in [0.15, 0.2) is 0 Å². The Bertz CT molecular complexity index is 970. The number of nitrogens with zero attached hydrogens (tertiary/aromatic N) is 2. The van der Waals surface area contributed by atoms with Gasteiger partial charge in [0, 0.05) is 30.9 Å². The van der Waals surface area contributed by atoms with Crippen LogP contribution in [0.4, 0.5) is 4.79 Å². The summed E-state index contributed by atoms with van der Waals surface area (Å²) in [5, 5.41) is 2.92. The highest BCUT2D eigenvalue weighted by atomic mass is 16.5. The second kappa shape index (κ2) is 11.9. The van der Waals surface area contributed by atoms with E-state index in [0.29, 0.717) is 67.4 Å². The van der Waals surface area contributed by atoms with E-state index in [1.54, 1.807) is 46.2 Å². The number of carbonyl (C=O) groups excluding carboxylic acids is 3. The van der Waals surface area contributed by atoms with Crippen LogP contribution in [-0.2, 0) is 19.1 Å². The van der Waals surface area contributed by atoms with Crippen LogP contribution >= 0.6 is 0 Å². The molecule has 0 saturated carbocycles. The van der Waals surface area contributed by atoms with Gasteiger partial charge < -0.3 is 24.3 Å². The van der Waals surface area contributed by atoms with Gasteiger partial charge in [0.2, 0.25) is 0 Å². The lowest BCUT2D eigenvalue weighted by molar-refractivity contribution is -0.149. The molecule has 0 spiro atoms. The Morgan fingerprint density at radius 2 is 1.74 bits per heavy atom. The fourth-order valence-electron chi connectivity index (χ4n) is 4.49. The molecule has 1 saturated heterocycles. The van der Waals surface area contributed by atoms with Crippen molar-refractivity contribution in [2.45, 2.75) is 32.7 Å². The highest BCUT2D eigenvalue weighted by Gasteiger charge is 2.39. The molecule has 1 N–H and O–H groups in total. The van der Waals surface area contributed by atoms with Crippen LogP contribution in [0, 0.1) is 5.92 Å². The van der Waals surface area contributed by atoms with Gasteiger partial charge in [-0.2, -0.15) is 0 Å². The molecule has 10 nitrogen and oxygen atoms in total. The van der Waals surface area contributed by atoms with Crippen LogP contribution in [0.5, 0.6) is 11.5 Å². The van der Waals surface area contributed by atoms with Crippen LogP contribution < -0.4 is 14.8 Å². The number of amides is 2. The van der Waals surface area contributed by atoms with E-state index in [0.717, 1.165) is 0 Å². The SMILES string of the molecule is CCOC(=O)C1=C(CN2CCC(C(=O)OCC)CC2)N(C)C(=O)N[C@H]1c1ccc(OC)cc1OC. The predicted octanol–water partition coefficient (Wildman–Crippen LogP) is 2.49. The number of likely N-dealkylation sites (tertiary alicyclic amines) is 1. The fourth-order valence-corrected chi connectivity index (χ4v) is 4.49. The summed E-state index contributed by atoms with van der Waals surface area (Å²) in [7, 11) is 4.72. The predicted molar refractivity (Wildman–Crippen MR) is 128 cm³/mol. The number of esters is 2. The molecule has 0 aliphatic carbocycles. The molecule has 1 aromatic rings.